The molecule has 0 radical (unpaired) electrons. The monoisotopic (exact) mass is 280 g/mol. The standard InChI is InChI=1S/C17H16N2O2/c1-13-6-7-15-9-11-18(17(15)12-13)10-8-14-4-2-3-5-16(14)19(20)21/h2-7,9,11-12H,8,10H2,1H3. The molecular weight excluding hydrogens is 264 g/mol. The van der Waals surface area contributed by atoms with Gasteiger partial charge in [-0.15, -0.1) is 0 Å². The number of benzene rings is 2. The molecule has 1 heterocycles. The highest BCUT2D eigenvalue weighted by molar-refractivity contribution is 5.80. The second-order valence-electron chi connectivity index (χ2n) is 5.21. The quantitative estimate of drug-likeness (QED) is 0.533. The van der Waals surface area contributed by atoms with Crippen LogP contribution in [-0.2, 0) is 13.0 Å². The Labute approximate surface area is 122 Å². The fraction of sp³-hybridized carbons (Fsp3) is 0.176. The SMILES string of the molecule is Cc1ccc2ccn(CCc3ccccc3[N+](=O)[O-])c2c1. The summed E-state index contributed by atoms with van der Waals surface area (Å²) < 4.78 is 2.15. The third kappa shape index (κ3) is 2.65. The van der Waals surface area contributed by atoms with Gasteiger partial charge in [0.1, 0.15) is 0 Å². The van der Waals surface area contributed by atoms with Crippen molar-refractivity contribution in [3.8, 4) is 0 Å². The highest BCUT2D eigenvalue weighted by atomic mass is 16.6. The zero-order valence-corrected chi connectivity index (χ0v) is 11.8. The summed E-state index contributed by atoms with van der Waals surface area (Å²) >= 11 is 0. The summed E-state index contributed by atoms with van der Waals surface area (Å²) in [4.78, 5) is 10.7. The minimum absolute atomic E-state index is 0.199. The van der Waals surface area contributed by atoms with E-state index in [9.17, 15) is 10.1 Å². The van der Waals surface area contributed by atoms with Gasteiger partial charge < -0.3 is 4.57 Å². The van der Waals surface area contributed by atoms with E-state index in [-0.39, 0.29) is 10.6 Å². The first kappa shape index (κ1) is 13.4. The van der Waals surface area contributed by atoms with Crippen LogP contribution >= 0.6 is 0 Å². The van der Waals surface area contributed by atoms with Crippen molar-refractivity contribution in [2.24, 2.45) is 0 Å². The second-order valence-corrected chi connectivity index (χ2v) is 5.21. The predicted molar refractivity (Wildman–Crippen MR) is 83.5 cm³/mol. The van der Waals surface area contributed by atoms with Crippen molar-refractivity contribution in [2.45, 2.75) is 19.9 Å². The molecule has 3 rings (SSSR count). The van der Waals surface area contributed by atoms with Crippen molar-refractivity contribution in [3.05, 3.63) is 76.0 Å². The van der Waals surface area contributed by atoms with Crippen molar-refractivity contribution >= 4 is 16.6 Å². The van der Waals surface area contributed by atoms with Gasteiger partial charge in [-0.3, -0.25) is 10.1 Å². The molecular formula is C17H16N2O2. The van der Waals surface area contributed by atoms with E-state index in [0.717, 1.165) is 12.1 Å². The molecule has 0 spiro atoms. The van der Waals surface area contributed by atoms with E-state index in [0.29, 0.717) is 6.42 Å². The molecule has 21 heavy (non-hydrogen) atoms. The Hall–Kier alpha value is -2.62. The van der Waals surface area contributed by atoms with E-state index in [4.69, 9.17) is 0 Å². The van der Waals surface area contributed by atoms with Crippen molar-refractivity contribution in [1.82, 2.24) is 4.57 Å². The second kappa shape index (κ2) is 5.40. The summed E-state index contributed by atoms with van der Waals surface area (Å²) in [6.07, 6.45) is 2.69. The van der Waals surface area contributed by atoms with Crippen LogP contribution in [0, 0.1) is 17.0 Å². The lowest BCUT2D eigenvalue weighted by Gasteiger charge is -2.07. The fourth-order valence-electron chi connectivity index (χ4n) is 2.63. The third-order valence-electron chi connectivity index (χ3n) is 3.74. The van der Waals surface area contributed by atoms with Crippen molar-refractivity contribution in [1.29, 1.82) is 0 Å². The Kier molecular flexibility index (Phi) is 3.44. The van der Waals surface area contributed by atoms with Crippen LogP contribution < -0.4 is 0 Å². The average molecular weight is 280 g/mol. The van der Waals surface area contributed by atoms with E-state index < -0.39 is 0 Å². The molecule has 3 aromatic rings. The average Bonchev–Trinajstić information content (AvgIpc) is 2.87. The van der Waals surface area contributed by atoms with Crippen LogP contribution in [0.4, 0.5) is 5.69 Å². The molecule has 1 aromatic heterocycles. The van der Waals surface area contributed by atoms with Gasteiger partial charge in [0, 0.05) is 29.9 Å². The van der Waals surface area contributed by atoms with E-state index >= 15 is 0 Å². The van der Waals surface area contributed by atoms with E-state index in [1.807, 2.05) is 18.3 Å². The molecule has 0 fully saturated rings. The number of aromatic nitrogens is 1. The largest absolute Gasteiger partial charge is 0.347 e. The summed E-state index contributed by atoms with van der Waals surface area (Å²) in [6.45, 7) is 2.80. The molecule has 0 N–H and O–H groups in total. The van der Waals surface area contributed by atoms with Crippen molar-refractivity contribution in [3.63, 3.8) is 0 Å². The topological polar surface area (TPSA) is 48.1 Å². The first-order valence-corrected chi connectivity index (χ1v) is 6.93. The lowest BCUT2D eigenvalue weighted by atomic mass is 10.1. The number of hydrogen-bond acceptors (Lipinski definition) is 2. The number of nitro benzene ring substituents is 1. The maximum Gasteiger partial charge on any atom is 0.272 e. The first-order chi connectivity index (χ1) is 10.1. The molecule has 0 unspecified atom stereocenters. The van der Waals surface area contributed by atoms with Gasteiger partial charge in [-0.25, -0.2) is 0 Å². The number of fused-ring (bicyclic) bond motifs is 1. The van der Waals surface area contributed by atoms with Gasteiger partial charge in [0.2, 0.25) is 0 Å². The van der Waals surface area contributed by atoms with Crippen LogP contribution in [0.25, 0.3) is 10.9 Å². The van der Waals surface area contributed by atoms with Crippen LogP contribution in [0.3, 0.4) is 0 Å². The number of nitro groups is 1. The van der Waals surface area contributed by atoms with Gasteiger partial charge in [-0.2, -0.15) is 0 Å². The Morgan fingerprint density at radius 1 is 1.14 bits per heavy atom. The lowest BCUT2D eigenvalue weighted by Crippen LogP contribution is -2.02. The van der Waals surface area contributed by atoms with E-state index in [2.05, 4.69) is 35.8 Å². The smallest absolute Gasteiger partial charge is 0.272 e. The molecule has 0 aliphatic rings. The molecule has 0 atom stereocenters. The molecule has 2 aromatic carbocycles. The Morgan fingerprint density at radius 3 is 2.76 bits per heavy atom. The Morgan fingerprint density at radius 2 is 1.95 bits per heavy atom. The Balaban J connectivity index is 1.87. The molecule has 0 saturated heterocycles. The number of nitrogens with zero attached hydrogens (tertiary/aromatic N) is 2. The fourth-order valence-corrected chi connectivity index (χ4v) is 2.63. The van der Waals surface area contributed by atoms with Gasteiger partial charge in [-0.05, 0) is 36.4 Å². The first-order valence-electron chi connectivity index (χ1n) is 6.93. The van der Waals surface area contributed by atoms with Crippen LogP contribution in [-0.4, -0.2) is 9.49 Å². The normalized spacial score (nSPS) is 10.9. The molecule has 0 aliphatic heterocycles. The molecule has 4 nitrogen and oxygen atoms in total. The molecule has 0 amide bonds. The molecule has 0 aliphatic carbocycles. The van der Waals surface area contributed by atoms with Crippen molar-refractivity contribution < 1.29 is 4.92 Å². The van der Waals surface area contributed by atoms with Gasteiger partial charge >= 0.3 is 0 Å². The number of para-hydroxylation sites is 1. The van der Waals surface area contributed by atoms with Gasteiger partial charge in [-0.1, -0.05) is 30.3 Å². The zero-order chi connectivity index (χ0) is 14.8. The molecule has 0 saturated carbocycles. The maximum absolute atomic E-state index is 11.0. The van der Waals surface area contributed by atoms with Gasteiger partial charge in [0.25, 0.3) is 5.69 Å². The number of rotatable bonds is 4. The minimum Gasteiger partial charge on any atom is -0.347 e. The number of hydrogen-bond donors (Lipinski definition) is 0. The number of aryl methyl sites for hydroxylation is 3. The van der Waals surface area contributed by atoms with E-state index in [1.165, 1.54) is 16.5 Å². The highest BCUT2D eigenvalue weighted by Crippen LogP contribution is 2.21. The zero-order valence-electron chi connectivity index (χ0n) is 11.8. The van der Waals surface area contributed by atoms with Crippen LogP contribution in [0.1, 0.15) is 11.1 Å². The summed E-state index contributed by atoms with van der Waals surface area (Å²) in [5.41, 5.74) is 3.36. The highest BCUT2D eigenvalue weighted by Gasteiger charge is 2.12. The summed E-state index contributed by atoms with van der Waals surface area (Å²) in [5.74, 6) is 0. The summed E-state index contributed by atoms with van der Waals surface area (Å²) in [6, 6.07) is 15.4. The minimum atomic E-state index is -0.312. The molecule has 0 bridgehead atoms. The summed E-state index contributed by atoms with van der Waals surface area (Å²) in [5, 5.41) is 12.2. The van der Waals surface area contributed by atoms with Gasteiger partial charge in [0.05, 0.1) is 4.92 Å². The molecule has 106 valence electrons. The lowest BCUT2D eigenvalue weighted by molar-refractivity contribution is -0.385. The third-order valence-corrected chi connectivity index (χ3v) is 3.74. The maximum atomic E-state index is 11.0. The van der Waals surface area contributed by atoms with Crippen molar-refractivity contribution in [2.75, 3.05) is 0 Å². The van der Waals surface area contributed by atoms with Crippen LogP contribution in [0.2, 0.25) is 0 Å². The van der Waals surface area contributed by atoms with Crippen LogP contribution in [0.5, 0.6) is 0 Å². The Bertz CT molecular complexity index is 805. The van der Waals surface area contributed by atoms with E-state index in [1.54, 1.807) is 12.1 Å². The summed E-state index contributed by atoms with van der Waals surface area (Å²) in [7, 11) is 0. The van der Waals surface area contributed by atoms with Crippen LogP contribution in [0.15, 0.2) is 54.7 Å². The van der Waals surface area contributed by atoms with Gasteiger partial charge in [0.15, 0.2) is 0 Å². The predicted octanol–water partition coefficient (Wildman–Crippen LogP) is 4.10. The molecule has 4 heteroatoms.